The Morgan fingerprint density at radius 2 is 2.05 bits per heavy atom. The van der Waals surface area contributed by atoms with Gasteiger partial charge >= 0.3 is 0 Å². The van der Waals surface area contributed by atoms with Gasteiger partial charge in [0, 0.05) is 11.8 Å². The van der Waals surface area contributed by atoms with Crippen LogP contribution in [0, 0.1) is 22.7 Å². The third kappa shape index (κ3) is 2.07. The molecule has 1 heterocycles. The summed E-state index contributed by atoms with van der Waals surface area (Å²) in [4.78, 5) is 12.3. The maximum Gasteiger partial charge on any atom is 0.244 e. The van der Waals surface area contributed by atoms with Crippen molar-refractivity contribution in [3.8, 4) is 17.6 Å². The minimum absolute atomic E-state index is 0.227. The molecule has 1 aromatic rings. The van der Waals surface area contributed by atoms with Gasteiger partial charge < -0.3 is 14.8 Å². The van der Waals surface area contributed by atoms with Crippen LogP contribution in [-0.4, -0.2) is 19.1 Å². The lowest BCUT2D eigenvalue weighted by Gasteiger charge is -2.39. The number of carbonyl (C=O) groups is 1. The molecule has 1 fully saturated rings. The highest BCUT2D eigenvalue weighted by atomic mass is 16.6. The fraction of sp³-hybridized carbons (Fsp3) is 0.467. The molecule has 0 aromatic heterocycles. The summed E-state index contributed by atoms with van der Waals surface area (Å²) in [5, 5.41) is 12.0. The number of benzene rings is 1. The Balaban J connectivity index is 1.75. The van der Waals surface area contributed by atoms with E-state index in [-0.39, 0.29) is 5.91 Å². The number of fused-ring (bicyclic) bond motifs is 1. The van der Waals surface area contributed by atoms with Gasteiger partial charge in [0.1, 0.15) is 18.6 Å². The van der Waals surface area contributed by atoms with Gasteiger partial charge in [0.15, 0.2) is 11.5 Å². The molecule has 0 radical (unpaired) electrons. The summed E-state index contributed by atoms with van der Waals surface area (Å²) in [6, 6.07) is 7.43. The first-order valence-electron chi connectivity index (χ1n) is 6.75. The third-order valence-corrected chi connectivity index (χ3v) is 3.84. The van der Waals surface area contributed by atoms with Gasteiger partial charge in [0.25, 0.3) is 0 Å². The van der Waals surface area contributed by atoms with E-state index in [1.807, 2.05) is 6.92 Å². The van der Waals surface area contributed by atoms with Crippen LogP contribution in [0.2, 0.25) is 0 Å². The Labute approximate surface area is 117 Å². The van der Waals surface area contributed by atoms with E-state index in [1.54, 1.807) is 18.2 Å². The summed E-state index contributed by atoms with van der Waals surface area (Å²) < 4.78 is 10.9. The number of carbonyl (C=O) groups excluding carboxylic acids is 1. The average Bonchev–Trinajstić information content (AvgIpc) is 2.43. The van der Waals surface area contributed by atoms with Gasteiger partial charge in [-0.3, -0.25) is 4.79 Å². The lowest BCUT2D eigenvalue weighted by atomic mass is 9.63. The number of nitrogens with zero attached hydrogens (tertiary/aromatic N) is 1. The standard InChI is InChI=1S/C15H16N2O3/c1-10-7-15(8-10,9-16)14(18)17-11-2-3-12-13(6-11)20-5-4-19-12/h2-3,6,10H,4-5,7-8H2,1H3,(H,17,18). The molecule has 1 aliphatic heterocycles. The fourth-order valence-electron chi connectivity index (χ4n) is 2.83. The van der Waals surface area contributed by atoms with Crippen LogP contribution in [0.4, 0.5) is 5.69 Å². The lowest BCUT2D eigenvalue weighted by Crippen LogP contribution is -2.45. The molecule has 2 aliphatic rings. The molecule has 0 bridgehead atoms. The molecule has 0 spiro atoms. The minimum atomic E-state index is -0.868. The predicted octanol–water partition coefficient (Wildman–Crippen LogP) is 2.34. The SMILES string of the molecule is CC1CC(C#N)(C(=O)Nc2ccc3c(c2)OCCO3)C1. The van der Waals surface area contributed by atoms with Crippen molar-refractivity contribution in [2.24, 2.45) is 11.3 Å². The van der Waals surface area contributed by atoms with Crippen LogP contribution < -0.4 is 14.8 Å². The van der Waals surface area contributed by atoms with E-state index in [0.29, 0.717) is 49.2 Å². The number of rotatable bonds is 2. The normalized spacial score (nSPS) is 27.1. The molecule has 1 saturated carbocycles. The molecule has 1 aromatic carbocycles. The Morgan fingerprint density at radius 1 is 1.35 bits per heavy atom. The Morgan fingerprint density at radius 3 is 2.70 bits per heavy atom. The Kier molecular flexibility index (Phi) is 3.01. The zero-order chi connectivity index (χ0) is 14.2. The molecule has 5 heteroatoms. The van der Waals surface area contributed by atoms with Gasteiger partial charge in [-0.1, -0.05) is 6.92 Å². The maximum atomic E-state index is 12.3. The zero-order valence-corrected chi connectivity index (χ0v) is 11.3. The fourth-order valence-corrected chi connectivity index (χ4v) is 2.83. The summed E-state index contributed by atoms with van der Waals surface area (Å²) in [5.74, 6) is 1.51. The average molecular weight is 272 g/mol. The Bertz CT molecular complexity index is 585. The molecular weight excluding hydrogens is 256 g/mol. The van der Waals surface area contributed by atoms with Crippen molar-refractivity contribution in [1.82, 2.24) is 0 Å². The smallest absolute Gasteiger partial charge is 0.244 e. The third-order valence-electron chi connectivity index (χ3n) is 3.84. The number of amides is 1. The van der Waals surface area contributed by atoms with Crippen molar-refractivity contribution in [1.29, 1.82) is 5.26 Å². The van der Waals surface area contributed by atoms with E-state index in [4.69, 9.17) is 9.47 Å². The number of anilines is 1. The van der Waals surface area contributed by atoms with Crippen LogP contribution in [0.1, 0.15) is 19.8 Å². The van der Waals surface area contributed by atoms with Gasteiger partial charge in [-0.2, -0.15) is 5.26 Å². The summed E-state index contributed by atoms with van der Waals surface area (Å²) >= 11 is 0. The predicted molar refractivity (Wildman–Crippen MR) is 72.5 cm³/mol. The van der Waals surface area contributed by atoms with Crippen molar-refractivity contribution >= 4 is 11.6 Å². The van der Waals surface area contributed by atoms with Crippen molar-refractivity contribution in [2.45, 2.75) is 19.8 Å². The van der Waals surface area contributed by atoms with Gasteiger partial charge in [-0.15, -0.1) is 0 Å². The highest BCUT2D eigenvalue weighted by Crippen LogP contribution is 2.45. The van der Waals surface area contributed by atoms with Crippen LogP contribution in [-0.2, 0) is 4.79 Å². The molecule has 20 heavy (non-hydrogen) atoms. The van der Waals surface area contributed by atoms with E-state index in [1.165, 1.54) is 0 Å². The number of nitrogens with one attached hydrogen (secondary N) is 1. The number of hydrogen-bond donors (Lipinski definition) is 1. The molecule has 1 N–H and O–H groups in total. The molecule has 104 valence electrons. The van der Waals surface area contributed by atoms with E-state index in [2.05, 4.69) is 11.4 Å². The van der Waals surface area contributed by atoms with Crippen molar-refractivity contribution in [3.63, 3.8) is 0 Å². The molecule has 5 nitrogen and oxygen atoms in total. The van der Waals surface area contributed by atoms with Gasteiger partial charge in [-0.25, -0.2) is 0 Å². The first-order valence-corrected chi connectivity index (χ1v) is 6.75. The van der Waals surface area contributed by atoms with Crippen LogP contribution in [0.5, 0.6) is 11.5 Å². The molecule has 0 atom stereocenters. The quantitative estimate of drug-likeness (QED) is 0.897. The molecule has 0 unspecified atom stereocenters. The van der Waals surface area contributed by atoms with Crippen molar-refractivity contribution in [3.05, 3.63) is 18.2 Å². The second kappa shape index (κ2) is 4.71. The summed E-state index contributed by atoms with van der Waals surface area (Å²) in [5.41, 5.74) is -0.236. The number of hydrogen-bond acceptors (Lipinski definition) is 4. The second-order valence-electron chi connectivity index (χ2n) is 5.52. The first kappa shape index (κ1) is 12.8. The van der Waals surface area contributed by atoms with Gasteiger partial charge in [-0.05, 0) is 30.9 Å². The lowest BCUT2D eigenvalue weighted by molar-refractivity contribution is -0.128. The highest BCUT2D eigenvalue weighted by molar-refractivity contribution is 5.98. The highest BCUT2D eigenvalue weighted by Gasteiger charge is 2.48. The van der Waals surface area contributed by atoms with Crippen LogP contribution in [0.15, 0.2) is 18.2 Å². The van der Waals surface area contributed by atoms with Crippen molar-refractivity contribution < 1.29 is 14.3 Å². The molecule has 1 aliphatic carbocycles. The minimum Gasteiger partial charge on any atom is -0.486 e. The number of ether oxygens (including phenoxy) is 2. The van der Waals surface area contributed by atoms with E-state index < -0.39 is 5.41 Å². The van der Waals surface area contributed by atoms with Gasteiger partial charge in [0.2, 0.25) is 5.91 Å². The van der Waals surface area contributed by atoms with Crippen LogP contribution >= 0.6 is 0 Å². The topological polar surface area (TPSA) is 71.4 Å². The molecule has 0 saturated heterocycles. The summed E-state index contributed by atoms with van der Waals surface area (Å²) in [6.45, 7) is 3.09. The van der Waals surface area contributed by atoms with Crippen LogP contribution in [0.25, 0.3) is 0 Å². The van der Waals surface area contributed by atoms with E-state index in [0.717, 1.165) is 0 Å². The molecule has 3 rings (SSSR count). The van der Waals surface area contributed by atoms with Crippen LogP contribution in [0.3, 0.4) is 0 Å². The second-order valence-corrected chi connectivity index (χ2v) is 5.52. The first-order chi connectivity index (χ1) is 9.63. The van der Waals surface area contributed by atoms with Crippen molar-refractivity contribution in [2.75, 3.05) is 18.5 Å². The Hall–Kier alpha value is -2.22. The molecule has 1 amide bonds. The number of nitriles is 1. The zero-order valence-electron chi connectivity index (χ0n) is 11.3. The monoisotopic (exact) mass is 272 g/mol. The van der Waals surface area contributed by atoms with E-state index in [9.17, 15) is 10.1 Å². The summed E-state index contributed by atoms with van der Waals surface area (Å²) in [7, 11) is 0. The summed E-state index contributed by atoms with van der Waals surface area (Å²) in [6.07, 6.45) is 1.25. The largest absolute Gasteiger partial charge is 0.486 e. The van der Waals surface area contributed by atoms with Gasteiger partial charge in [0.05, 0.1) is 6.07 Å². The van der Waals surface area contributed by atoms with E-state index >= 15 is 0 Å². The molecular formula is C15H16N2O3. The maximum absolute atomic E-state index is 12.3.